The summed E-state index contributed by atoms with van der Waals surface area (Å²) in [5.41, 5.74) is 22.5. The Labute approximate surface area is 756 Å². The number of aromatic nitrogens is 21. The maximum atomic E-state index is 13.2. The van der Waals surface area contributed by atoms with E-state index in [4.69, 9.17) is 117 Å². The van der Waals surface area contributed by atoms with Crippen molar-refractivity contribution in [1.29, 1.82) is 0 Å². The second-order valence-corrected chi connectivity index (χ2v) is 39.8. The molecule has 24 N–H and O–H groups in total. The third kappa shape index (κ3) is 18.2. The highest BCUT2D eigenvalue weighted by Gasteiger charge is 2.59. The van der Waals surface area contributed by atoms with Crippen LogP contribution in [-0.2, 0) is 110 Å². The lowest BCUT2D eigenvalue weighted by Gasteiger charge is -2.25. The molecule has 136 heavy (non-hydrogen) atoms. The summed E-state index contributed by atoms with van der Waals surface area (Å²) >= 11 is 6.17. The van der Waals surface area contributed by atoms with Crippen LogP contribution >= 0.6 is 58.5 Å². The number of nitrogen functional groups attached to an aromatic ring is 4. The lowest BCUT2D eigenvalue weighted by molar-refractivity contribution is -0.0673. The Morgan fingerprint density at radius 1 is 0.338 bits per heavy atom. The molecule has 8 unspecified atom stereocenters. The van der Waals surface area contributed by atoms with Gasteiger partial charge in [-0.05, 0) is 18.2 Å². The summed E-state index contributed by atoms with van der Waals surface area (Å²) in [6.07, 6.45) is -26.2. The molecule has 65 nitrogen and oxygen atoms in total. The molecule has 0 radical (unpaired) electrons. The van der Waals surface area contributed by atoms with Crippen molar-refractivity contribution in [2.45, 2.75) is 147 Å². The molecule has 0 spiro atoms. The van der Waals surface area contributed by atoms with Gasteiger partial charge in [-0.3, -0.25) is 111 Å². The quantitative estimate of drug-likeness (QED) is 0.0684. The molecular weight excluding hydrogens is 1980 g/mol. The molecule has 12 aromatic heterocycles. The van der Waals surface area contributed by atoms with E-state index in [9.17, 15) is 102 Å². The SMILES string of the molecule is CNc1ccnc2c1ncn2[C@@H]1O[C@@H]2COP(=O)(O)O[C@@H]3[C@H](O)[C@@H](COP(=O)(O)O[C@H]2[C@H]1O)O[C@H]3n1cnc2c(=O)[nH]c(N)nc21.Nc1nc2c(ncn2[C@@H]2OC3COP(=O)(O)O[C@@H]4C(COP(=O)(O)O[C@@H]2[C@@H]3O)O[C@@H](n2cnc3c(N)ccnc32)[C@@H]4O)c(=O)[nH]1.Nc1nc2c(ncn2[C@@H]2O[C@@H]3COP(=O)(O)O[C@H]4[C@@H](O)[C@H](n5cnc6c(Cl)ccnc65)O[C@@H]4COP(=O)(O)O[C@@H]2[C@@H]3O)c(=O)[nH]1. The first-order valence-corrected chi connectivity index (χ1v) is 49.0. The van der Waals surface area contributed by atoms with Gasteiger partial charge in [-0.2, -0.15) is 15.0 Å². The van der Waals surface area contributed by atoms with Crippen LogP contribution in [0.5, 0.6) is 0 Å². The number of aliphatic hydroxyl groups is 6. The van der Waals surface area contributed by atoms with Gasteiger partial charge in [0.25, 0.3) is 16.7 Å². The minimum atomic E-state index is -5.11. The molecule has 0 amide bonds. The van der Waals surface area contributed by atoms with Crippen molar-refractivity contribution in [3.05, 3.63) is 111 Å². The van der Waals surface area contributed by atoms with Crippen molar-refractivity contribution < 1.29 is 170 Å². The largest absolute Gasteiger partial charge is 0.472 e. The number of aromatic amines is 3. The Balaban J connectivity index is 0.000000131. The lowest BCUT2D eigenvalue weighted by atomic mass is 10.1. The van der Waals surface area contributed by atoms with Gasteiger partial charge in [0.15, 0.2) is 87.8 Å². The van der Waals surface area contributed by atoms with Crippen molar-refractivity contribution in [3.8, 4) is 0 Å². The number of anilines is 5. The fraction of sp³-hybridized carbons (Fsp3) is 0.484. The summed E-state index contributed by atoms with van der Waals surface area (Å²) in [5.74, 6) is -0.840. The first-order chi connectivity index (χ1) is 64.5. The molecule has 9 saturated heterocycles. The van der Waals surface area contributed by atoms with Crippen molar-refractivity contribution >= 4 is 155 Å². The summed E-state index contributed by atoms with van der Waals surface area (Å²) in [5, 5.41) is 69.7. The lowest BCUT2D eigenvalue weighted by Crippen LogP contribution is -2.36. The zero-order valence-electron chi connectivity index (χ0n) is 68.3. The minimum absolute atomic E-state index is 0.120. The van der Waals surface area contributed by atoms with Gasteiger partial charge in [0.05, 0.1) is 94.0 Å². The average molecular weight is 2050 g/mol. The molecule has 9 aliphatic rings. The number of nitrogens with two attached hydrogens (primary N) is 4. The van der Waals surface area contributed by atoms with Crippen molar-refractivity contribution in [2.24, 2.45) is 0 Å². The van der Waals surface area contributed by atoms with Gasteiger partial charge in [-0.25, -0.2) is 72.2 Å². The Morgan fingerprint density at radius 3 is 0.926 bits per heavy atom. The molecular formula is C64H75ClN26O39P6. The van der Waals surface area contributed by atoms with Crippen LogP contribution in [-0.4, -0.2) is 319 Å². The van der Waals surface area contributed by atoms with Gasteiger partial charge in [-0.15, -0.1) is 0 Å². The molecule has 21 heterocycles. The third-order valence-corrected chi connectivity index (χ3v) is 28.7. The van der Waals surface area contributed by atoms with Crippen LogP contribution in [0.2, 0.25) is 5.02 Å². The number of fused-ring (bicyclic) bond motifs is 15. The summed E-state index contributed by atoms with van der Waals surface area (Å²) in [7, 11) is -28.8. The minimum Gasteiger partial charge on any atom is -0.397 e. The van der Waals surface area contributed by atoms with Gasteiger partial charge in [0.1, 0.15) is 126 Å². The number of H-pyrrole nitrogens is 3. The highest BCUT2D eigenvalue weighted by molar-refractivity contribution is 7.48. The zero-order chi connectivity index (χ0) is 96.2. The smallest absolute Gasteiger partial charge is 0.397 e. The first-order valence-electron chi connectivity index (χ1n) is 39.6. The third-order valence-electron chi connectivity index (χ3n) is 22.4. The van der Waals surface area contributed by atoms with Gasteiger partial charge in [-0.1, -0.05) is 11.6 Å². The molecule has 0 saturated carbocycles. The van der Waals surface area contributed by atoms with E-state index < -0.39 is 250 Å². The van der Waals surface area contributed by atoms with E-state index in [0.717, 1.165) is 32.7 Å². The predicted molar refractivity (Wildman–Crippen MR) is 443 cm³/mol. The predicted octanol–water partition coefficient (Wildman–Crippen LogP) is -3.68. The molecule has 0 aliphatic carbocycles. The molecule has 21 rings (SSSR count). The summed E-state index contributed by atoms with van der Waals surface area (Å²) in [4.78, 5) is 157. The van der Waals surface area contributed by atoms with Crippen molar-refractivity contribution in [2.75, 3.05) is 74.9 Å². The Morgan fingerprint density at radius 2 is 0.596 bits per heavy atom. The van der Waals surface area contributed by atoms with Crippen molar-refractivity contribution in [3.63, 3.8) is 0 Å². The molecule has 0 aromatic carbocycles. The van der Waals surface area contributed by atoms with Crippen LogP contribution in [0.1, 0.15) is 37.4 Å². The molecule has 30 atom stereocenters. The number of imidazole rings is 6. The Kier molecular flexibility index (Phi) is 25.4. The molecule has 6 bridgehead atoms. The number of hydrogen-bond donors (Lipinski definition) is 20. The van der Waals surface area contributed by atoms with E-state index in [1.165, 1.54) is 63.4 Å². The highest BCUT2D eigenvalue weighted by atomic mass is 35.5. The monoisotopic (exact) mass is 2050 g/mol. The highest BCUT2D eigenvalue weighted by Crippen LogP contribution is 2.59. The molecule has 9 aliphatic heterocycles. The normalized spacial score (nSPS) is 37.5. The average Bonchev–Trinajstić information content (AvgIpc) is 1.55. The number of aliphatic hydroxyl groups excluding tert-OH is 6. The standard InChI is InChI=1S/C22H27N9O13P2.C21H23ClN8O13P2.C21H25N9O13P2/c1-24-8-2-3-25-17-11(8)26-6-30(17)20-14(33)15-10(42-20)5-40-46(37,38)44-16-13(32)9(4-39-45(35,36)43-15)41-21(16)31-7-27-12-18(31)28-22(23)29-19(12)34;2*22-7-1-2-24-16-10(7)25-5-29(16)19-13(32)14-9(41-19)4-39-45(36,37)43-15-12(31)8(3-38-44(34,35)42-14)40-20(15)30-6-26-11-17(30)27-21(23)28-18(11)33/h2-3,6-7,9-10,13-16,20-21,32-33H,4-5H2,1H3,(H,24,25)(H,35,36)(H,37,38)(H3,23,28,29,34);1-2,5-6,8-9,12-15,19-20,31-32H,3-4H2,(H,34,35)(H,36,37)(H3,23,27,28,33);1-2,5-6,8-9,12-15,19-20,31-32H,3-4H2,(H2,22,24)(H,34,35)(H,36,37)(H3,23,27,28,33)/t9-,10-,13-,14-,15-,16-,20-,21-;8-,9-,12-,13-,14-,15-,19-,20-;8?,9?,12-,13-,14-,15-,19-,20-/m111/s1. The number of nitrogens with one attached hydrogen (secondary N) is 4. The Hall–Kier alpha value is -9.62. The number of rotatable bonds is 7. The molecule has 9 fully saturated rings. The zero-order valence-corrected chi connectivity index (χ0v) is 74.5. The van der Waals surface area contributed by atoms with Crippen molar-refractivity contribution in [1.82, 2.24) is 102 Å². The molecule has 732 valence electrons. The van der Waals surface area contributed by atoms with Gasteiger partial charge >= 0.3 is 46.9 Å². The van der Waals surface area contributed by atoms with Crippen LogP contribution in [0.3, 0.4) is 0 Å². The van der Waals surface area contributed by atoms with Gasteiger partial charge in [0, 0.05) is 25.6 Å². The number of phosphoric ester groups is 6. The van der Waals surface area contributed by atoms with Crippen LogP contribution in [0, 0.1) is 0 Å². The second-order valence-electron chi connectivity index (χ2n) is 30.9. The van der Waals surface area contributed by atoms with E-state index in [-0.39, 0.29) is 90.0 Å². The van der Waals surface area contributed by atoms with E-state index in [1.807, 2.05) is 0 Å². The first kappa shape index (κ1) is 95.3. The van der Waals surface area contributed by atoms with E-state index >= 15 is 0 Å². The van der Waals surface area contributed by atoms with Crippen LogP contribution in [0.4, 0.5) is 29.2 Å². The van der Waals surface area contributed by atoms with Crippen LogP contribution in [0.15, 0.2) is 89.1 Å². The fourth-order valence-corrected chi connectivity index (χ4v) is 22.2. The second kappa shape index (κ2) is 36.2. The molecule has 12 aromatic rings. The van der Waals surface area contributed by atoms with Gasteiger partial charge < -0.3 is 117 Å². The van der Waals surface area contributed by atoms with E-state index in [2.05, 4.69) is 80.1 Å². The summed E-state index contributed by atoms with van der Waals surface area (Å²) < 4.78 is 184. The number of nitrogens with zero attached hydrogens (tertiary/aromatic N) is 18. The van der Waals surface area contributed by atoms with E-state index in [1.54, 1.807) is 13.1 Å². The number of phosphoric acid groups is 6. The van der Waals surface area contributed by atoms with E-state index in [0.29, 0.717) is 11.2 Å². The topological polar surface area (TPSA) is 910 Å². The maximum Gasteiger partial charge on any atom is 0.472 e. The van der Waals surface area contributed by atoms with Crippen LogP contribution in [0.25, 0.3) is 67.0 Å². The van der Waals surface area contributed by atoms with Crippen LogP contribution < -0.4 is 44.9 Å². The van der Waals surface area contributed by atoms with Gasteiger partial charge in [0.2, 0.25) is 17.8 Å². The Bertz CT molecular complexity index is 6860. The number of hydrogen-bond acceptors (Lipinski definition) is 50. The summed E-state index contributed by atoms with van der Waals surface area (Å²) in [6, 6.07) is 4.68. The number of ether oxygens (including phenoxy) is 6. The summed E-state index contributed by atoms with van der Waals surface area (Å²) in [6.45, 7) is -4.88. The fourth-order valence-electron chi connectivity index (χ4n) is 16.3. The molecule has 72 heteroatoms. The maximum absolute atomic E-state index is 13.2. The number of pyridine rings is 3. The number of halogens is 1.